The summed E-state index contributed by atoms with van der Waals surface area (Å²) in [4.78, 5) is 0. The molecule has 100 valence electrons. The zero-order chi connectivity index (χ0) is 13.2. The fourth-order valence-corrected chi connectivity index (χ4v) is 2.66. The molecule has 3 heteroatoms. The first-order valence-corrected chi connectivity index (χ1v) is 6.77. The Kier molecular flexibility index (Phi) is 3.91. The second kappa shape index (κ2) is 5.27. The maximum absolute atomic E-state index is 13.2. The van der Waals surface area contributed by atoms with Crippen LogP contribution in [0.25, 0.3) is 0 Å². The highest BCUT2D eigenvalue weighted by Crippen LogP contribution is 2.43. The summed E-state index contributed by atoms with van der Waals surface area (Å²) in [6.07, 6.45) is 3.92. The molecule has 1 aromatic carbocycles. The van der Waals surface area contributed by atoms with E-state index in [1.165, 1.54) is 12.1 Å². The Labute approximate surface area is 108 Å². The lowest BCUT2D eigenvalue weighted by Crippen LogP contribution is -2.40. The third-order valence-corrected chi connectivity index (χ3v) is 3.85. The SMILES string of the molecule is CCCCC1(CC)C[C@H](O)c2cc(F)ccc2O1. The van der Waals surface area contributed by atoms with Crippen LogP contribution in [0.3, 0.4) is 0 Å². The number of rotatable bonds is 4. The Balaban J connectivity index is 2.27. The van der Waals surface area contributed by atoms with Crippen LogP contribution in [0.4, 0.5) is 4.39 Å². The van der Waals surface area contributed by atoms with Crippen molar-refractivity contribution < 1.29 is 14.2 Å². The quantitative estimate of drug-likeness (QED) is 0.878. The van der Waals surface area contributed by atoms with Crippen LogP contribution in [0.5, 0.6) is 5.75 Å². The van der Waals surface area contributed by atoms with E-state index in [0.717, 1.165) is 25.7 Å². The molecule has 0 bridgehead atoms. The second-order valence-electron chi connectivity index (χ2n) is 5.14. The summed E-state index contributed by atoms with van der Waals surface area (Å²) in [5.41, 5.74) is 0.288. The van der Waals surface area contributed by atoms with Gasteiger partial charge in [0.25, 0.3) is 0 Å². The van der Waals surface area contributed by atoms with E-state index in [4.69, 9.17) is 4.74 Å². The first-order chi connectivity index (χ1) is 8.60. The van der Waals surface area contributed by atoms with Crippen molar-refractivity contribution in [1.82, 2.24) is 0 Å². The van der Waals surface area contributed by atoms with Crippen molar-refractivity contribution in [3.05, 3.63) is 29.6 Å². The third kappa shape index (κ3) is 2.51. The van der Waals surface area contributed by atoms with E-state index in [0.29, 0.717) is 17.7 Å². The van der Waals surface area contributed by atoms with Crippen LogP contribution in [0.15, 0.2) is 18.2 Å². The topological polar surface area (TPSA) is 29.5 Å². The summed E-state index contributed by atoms with van der Waals surface area (Å²) in [5.74, 6) is 0.307. The van der Waals surface area contributed by atoms with E-state index in [1.807, 2.05) is 0 Å². The fourth-order valence-electron chi connectivity index (χ4n) is 2.66. The molecule has 1 aliphatic rings. The molecule has 18 heavy (non-hydrogen) atoms. The minimum absolute atomic E-state index is 0.291. The lowest BCUT2D eigenvalue weighted by molar-refractivity contribution is -0.0243. The van der Waals surface area contributed by atoms with Gasteiger partial charge in [0.1, 0.15) is 17.2 Å². The molecule has 2 atom stereocenters. The van der Waals surface area contributed by atoms with E-state index in [9.17, 15) is 9.50 Å². The predicted octanol–water partition coefficient (Wildman–Crippen LogP) is 3.98. The van der Waals surface area contributed by atoms with Crippen LogP contribution in [0, 0.1) is 5.82 Å². The third-order valence-electron chi connectivity index (χ3n) is 3.85. The van der Waals surface area contributed by atoms with Gasteiger partial charge in [0.2, 0.25) is 0 Å². The van der Waals surface area contributed by atoms with Crippen LogP contribution in [-0.4, -0.2) is 10.7 Å². The Morgan fingerprint density at radius 3 is 2.89 bits per heavy atom. The minimum atomic E-state index is -0.624. The van der Waals surface area contributed by atoms with Gasteiger partial charge >= 0.3 is 0 Å². The Morgan fingerprint density at radius 2 is 2.22 bits per heavy atom. The van der Waals surface area contributed by atoms with Gasteiger partial charge in [0, 0.05) is 12.0 Å². The lowest BCUT2D eigenvalue weighted by Gasteiger charge is -2.40. The van der Waals surface area contributed by atoms with Crippen LogP contribution >= 0.6 is 0 Å². The van der Waals surface area contributed by atoms with Crippen molar-refractivity contribution in [2.75, 3.05) is 0 Å². The van der Waals surface area contributed by atoms with Gasteiger partial charge in [-0.2, -0.15) is 0 Å². The molecule has 1 aliphatic heterocycles. The Hall–Kier alpha value is -1.09. The molecule has 1 unspecified atom stereocenters. The van der Waals surface area contributed by atoms with Crippen LogP contribution < -0.4 is 4.74 Å². The van der Waals surface area contributed by atoms with Crippen molar-refractivity contribution in [3.63, 3.8) is 0 Å². The number of hydrogen-bond donors (Lipinski definition) is 1. The van der Waals surface area contributed by atoms with Crippen molar-refractivity contribution in [3.8, 4) is 5.75 Å². The minimum Gasteiger partial charge on any atom is -0.487 e. The lowest BCUT2D eigenvalue weighted by atomic mass is 9.83. The smallest absolute Gasteiger partial charge is 0.126 e. The van der Waals surface area contributed by atoms with Gasteiger partial charge in [-0.3, -0.25) is 0 Å². The molecule has 1 N–H and O–H groups in total. The van der Waals surface area contributed by atoms with Crippen molar-refractivity contribution in [1.29, 1.82) is 0 Å². The molecule has 2 rings (SSSR count). The summed E-state index contributed by atoms with van der Waals surface area (Å²) in [6, 6.07) is 4.39. The van der Waals surface area contributed by atoms with Gasteiger partial charge in [-0.1, -0.05) is 20.3 Å². The average molecular weight is 252 g/mol. The Morgan fingerprint density at radius 1 is 1.44 bits per heavy atom. The molecule has 2 nitrogen and oxygen atoms in total. The highest BCUT2D eigenvalue weighted by molar-refractivity contribution is 5.38. The Bertz CT molecular complexity index is 419. The molecule has 0 aliphatic carbocycles. The van der Waals surface area contributed by atoms with Crippen LogP contribution in [-0.2, 0) is 0 Å². The molecule has 0 saturated carbocycles. The standard InChI is InChI=1S/C15H21FO2/c1-3-5-8-15(4-2)10-13(17)12-9-11(16)6-7-14(12)18-15/h6-7,9,13,17H,3-5,8,10H2,1-2H3/t13-,15?/m0/s1. The highest BCUT2D eigenvalue weighted by atomic mass is 19.1. The van der Waals surface area contributed by atoms with Gasteiger partial charge in [-0.05, 0) is 37.5 Å². The van der Waals surface area contributed by atoms with E-state index in [2.05, 4.69) is 13.8 Å². The zero-order valence-electron chi connectivity index (χ0n) is 11.1. The van der Waals surface area contributed by atoms with Crippen molar-refractivity contribution in [2.45, 2.75) is 57.7 Å². The van der Waals surface area contributed by atoms with Gasteiger partial charge in [0.15, 0.2) is 0 Å². The van der Waals surface area contributed by atoms with Gasteiger partial charge < -0.3 is 9.84 Å². The number of aliphatic hydroxyl groups excluding tert-OH is 1. The second-order valence-corrected chi connectivity index (χ2v) is 5.14. The number of ether oxygens (including phenoxy) is 1. The van der Waals surface area contributed by atoms with E-state index >= 15 is 0 Å². The maximum atomic E-state index is 13.2. The number of aliphatic hydroxyl groups is 1. The monoisotopic (exact) mass is 252 g/mol. The molecule has 0 radical (unpaired) electrons. The van der Waals surface area contributed by atoms with Gasteiger partial charge in [0.05, 0.1) is 6.10 Å². The van der Waals surface area contributed by atoms with E-state index < -0.39 is 6.10 Å². The molecule has 0 fully saturated rings. The van der Waals surface area contributed by atoms with Crippen molar-refractivity contribution in [2.24, 2.45) is 0 Å². The van der Waals surface area contributed by atoms with Crippen LogP contribution in [0.2, 0.25) is 0 Å². The number of benzene rings is 1. The summed E-state index contributed by atoms with van der Waals surface area (Å²) in [6.45, 7) is 4.23. The van der Waals surface area contributed by atoms with Crippen LogP contribution in [0.1, 0.15) is 57.6 Å². The average Bonchev–Trinajstić information content (AvgIpc) is 2.37. The molecule has 0 aromatic heterocycles. The fraction of sp³-hybridized carbons (Fsp3) is 0.600. The first-order valence-electron chi connectivity index (χ1n) is 6.77. The molecule has 0 saturated heterocycles. The molecular weight excluding hydrogens is 231 g/mol. The van der Waals surface area contributed by atoms with Crippen molar-refractivity contribution >= 4 is 0 Å². The summed E-state index contributed by atoms with van der Waals surface area (Å²) in [7, 11) is 0. The normalized spacial score (nSPS) is 26.6. The molecule has 1 aromatic rings. The summed E-state index contributed by atoms with van der Waals surface area (Å²) >= 11 is 0. The number of halogens is 1. The summed E-state index contributed by atoms with van der Waals surface area (Å²) in [5, 5.41) is 10.2. The number of fused-ring (bicyclic) bond motifs is 1. The molecule has 0 amide bonds. The van der Waals surface area contributed by atoms with Gasteiger partial charge in [-0.15, -0.1) is 0 Å². The first kappa shape index (κ1) is 13.3. The number of unbranched alkanes of at least 4 members (excludes halogenated alkanes) is 1. The summed E-state index contributed by atoms with van der Waals surface area (Å²) < 4.78 is 19.2. The van der Waals surface area contributed by atoms with E-state index in [1.54, 1.807) is 6.07 Å². The maximum Gasteiger partial charge on any atom is 0.126 e. The number of hydrogen-bond acceptors (Lipinski definition) is 2. The van der Waals surface area contributed by atoms with Gasteiger partial charge in [-0.25, -0.2) is 4.39 Å². The largest absolute Gasteiger partial charge is 0.487 e. The van der Waals surface area contributed by atoms with E-state index in [-0.39, 0.29) is 11.4 Å². The zero-order valence-corrected chi connectivity index (χ0v) is 11.1. The molecule has 0 spiro atoms. The highest BCUT2D eigenvalue weighted by Gasteiger charge is 2.38. The predicted molar refractivity (Wildman–Crippen MR) is 69.2 cm³/mol. The molecule has 1 heterocycles. The molecular formula is C15H21FO2.